The van der Waals surface area contributed by atoms with Crippen molar-refractivity contribution in [3.8, 4) is 5.75 Å². The topological polar surface area (TPSA) is 106 Å². The monoisotopic (exact) mass is 328 g/mol. The van der Waals surface area contributed by atoms with Crippen LogP contribution >= 0.6 is 0 Å². The lowest BCUT2D eigenvalue weighted by molar-refractivity contribution is -0.385. The van der Waals surface area contributed by atoms with Gasteiger partial charge in [0, 0.05) is 6.07 Å². The van der Waals surface area contributed by atoms with Gasteiger partial charge < -0.3 is 10.1 Å². The molecule has 0 atom stereocenters. The Morgan fingerprint density at radius 1 is 1.25 bits per heavy atom. The summed E-state index contributed by atoms with van der Waals surface area (Å²) in [5.41, 5.74) is 3.21. The van der Waals surface area contributed by atoms with Crippen LogP contribution in [0.5, 0.6) is 5.75 Å². The summed E-state index contributed by atoms with van der Waals surface area (Å²) < 4.78 is 5.16. The van der Waals surface area contributed by atoms with Crippen LogP contribution in [0.3, 0.4) is 0 Å². The molecule has 0 aliphatic rings. The van der Waals surface area contributed by atoms with Gasteiger partial charge in [0.15, 0.2) is 0 Å². The van der Waals surface area contributed by atoms with Gasteiger partial charge in [-0.05, 0) is 18.2 Å². The zero-order chi connectivity index (χ0) is 17.4. The number of hydrogen-bond donors (Lipinski definition) is 2. The Morgan fingerprint density at radius 3 is 2.71 bits per heavy atom. The number of rotatable bonds is 7. The first-order chi connectivity index (χ1) is 11.6. The second kappa shape index (κ2) is 8.28. The molecule has 0 heterocycles. The minimum atomic E-state index is -0.508. The normalized spacial score (nSPS) is 10.4. The number of ether oxygens (including phenoxy) is 1. The van der Waals surface area contributed by atoms with Crippen molar-refractivity contribution in [3.63, 3.8) is 0 Å². The molecule has 0 saturated carbocycles. The molecule has 0 aliphatic heterocycles. The van der Waals surface area contributed by atoms with E-state index >= 15 is 0 Å². The summed E-state index contributed by atoms with van der Waals surface area (Å²) >= 11 is 0. The summed E-state index contributed by atoms with van der Waals surface area (Å²) in [6.07, 6.45) is 1.24. The fourth-order valence-electron chi connectivity index (χ4n) is 1.94. The average molecular weight is 328 g/mol. The molecular weight excluding hydrogens is 312 g/mol. The number of anilines is 1. The quantitative estimate of drug-likeness (QED) is 0.460. The number of carbonyl (C=O) groups is 1. The van der Waals surface area contributed by atoms with E-state index in [1.54, 1.807) is 30.3 Å². The Kier molecular flexibility index (Phi) is 5.84. The first kappa shape index (κ1) is 16.9. The smallest absolute Gasteiger partial charge is 0.278 e. The van der Waals surface area contributed by atoms with Crippen LogP contribution in [0.2, 0.25) is 0 Å². The largest absolute Gasteiger partial charge is 0.495 e. The van der Waals surface area contributed by atoms with E-state index in [0.717, 1.165) is 0 Å². The van der Waals surface area contributed by atoms with Crippen LogP contribution in [0.15, 0.2) is 53.6 Å². The van der Waals surface area contributed by atoms with Crippen LogP contribution in [0.1, 0.15) is 5.56 Å². The summed E-state index contributed by atoms with van der Waals surface area (Å²) in [7, 11) is 1.54. The minimum absolute atomic E-state index is 0.0192. The van der Waals surface area contributed by atoms with E-state index in [-0.39, 0.29) is 12.2 Å². The van der Waals surface area contributed by atoms with Crippen molar-refractivity contribution in [2.45, 2.75) is 0 Å². The van der Waals surface area contributed by atoms with Gasteiger partial charge in [-0.15, -0.1) is 0 Å². The van der Waals surface area contributed by atoms with Crippen molar-refractivity contribution in [2.24, 2.45) is 5.10 Å². The van der Waals surface area contributed by atoms with Gasteiger partial charge >= 0.3 is 0 Å². The molecule has 0 spiro atoms. The van der Waals surface area contributed by atoms with Gasteiger partial charge in [0.25, 0.3) is 11.6 Å². The second-order valence-corrected chi connectivity index (χ2v) is 4.66. The number of methoxy groups -OCH3 is 1. The SMILES string of the molecule is COc1ccccc1NCC(=O)N/N=C/c1ccccc1[N+](=O)[O-]. The van der Waals surface area contributed by atoms with Crippen molar-refractivity contribution in [1.29, 1.82) is 0 Å². The molecule has 0 aliphatic carbocycles. The van der Waals surface area contributed by atoms with Crippen molar-refractivity contribution in [2.75, 3.05) is 19.0 Å². The number of benzene rings is 2. The average Bonchev–Trinajstić information content (AvgIpc) is 2.60. The molecular formula is C16H16N4O4. The number of hydrazone groups is 1. The Morgan fingerprint density at radius 2 is 1.96 bits per heavy atom. The van der Waals surface area contributed by atoms with Gasteiger partial charge in [-0.1, -0.05) is 24.3 Å². The lowest BCUT2D eigenvalue weighted by atomic mass is 10.2. The number of nitro benzene ring substituents is 1. The molecule has 0 fully saturated rings. The number of hydrogen-bond acceptors (Lipinski definition) is 6. The number of nitro groups is 1. The van der Waals surface area contributed by atoms with Crippen molar-refractivity contribution in [3.05, 3.63) is 64.2 Å². The van der Waals surface area contributed by atoms with Crippen LogP contribution < -0.4 is 15.5 Å². The molecule has 24 heavy (non-hydrogen) atoms. The highest BCUT2D eigenvalue weighted by atomic mass is 16.6. The predicted octanol–water partition coefficient (Wildman–Crippen LogP) is 2.17. The Labute approximate surface area is 138 Å². The Hall–Kier alpha value is -3.42. The van der Waals surface area contributed by atoms with Gasteiger partial charge in [0.05, 0.1) is 36.0 Å². The van der Waals surface area contributed by atoms with Crippen LogP contribution in [-0.4, -0.2) is 30.7 Å². The van der Waals surface area contributed by atoms with E-state index in [4.69, 9.17) is 4.74 Å². The molecule has 8 heteroatoms. The Bertz CT molecular complexity index is 761. The van der Waals surface area contributed by atoms with E-state index in [9.17, 15) is 14.9 Å². The van der Waals surface area contributed by atoms with E-state index < -0.39 is 10.8 Å². The summed E-state index contributed by atoms with van der Waals surface area (Å²) in [6.45, 7) is -0.0192. The van der Waals surface area contributed by atoms with E-state index in [1.165, 1.54) is 19.4 Å². The number of carbonyl (C=O) groups excluding carboxylic acids is 1. The summed E-state index contributed by atoms with van der Waals surface area (Å²) in [5, 5.41) is 17.5. The fourth-order valence-corrected chi connectivity index (χ4v) is 1.94. The molecule has 0 radical (unpaired) electrons. The van der Waals surface area contributed by atoms with Gasteiger partial charge in [0.1, 0.15) is 5.75 Å². The fraction of sp³-hybridized carbons (Fsp3) is 0.125. The third-order valence-electron chi connectivity index (χ3n) is 3.07. The first-order valence-electron chi connectivity index (χ1n) is 7.04. The molecule has 0 unspecified atom stereocenters. The van der Waals surface area contributed by atoms with Gasteiger partial charge in [0.2, 0.25) is 0 Å². The predicted molar refractivity (Wildman–Crippen MR) is 90.3 cm³/mol. The number of para-hydroxylation sites is 3. The lowest BCUT2D eigenvalue weighted by Gasteiger charge is -2.09. The lowest BCUT2D eigenvalue weighted by Crippen LogP contribution is -2.26. The molecule has 2 N–H and O–H groups in total. The molecule has 2 aromatic carbocycles. The van der Waals surface area contributed by atoms with Crippen molar-refractivity contribution >= 4 is 23.5 Å². The molecule has 2 rings (SSSR count). The highest BCUT2D eigenvalue weighted by molar-refractivity contribution is 5.87. The molecule has 124 valence electrons. The zero-order valence-corrected chi connectivity index (χ0v) is 12.9. The van der Waals surface area contributed by atoms with E-state index in [2.05, 4.69) is 15.8 Å². The minimum Gasteiger partial charge on any atom is -0.495 e. The van der Waals surface area contributed by atoms with Crippen molar-refractivity contribution < 1.29 is 14.5 Å². The van der Waals surface area contributed by atoms with Gasteiger partial charge in [-0.25, -0.2) is 5.43 Å². The van der Waals surface area contributed by atoms with Crippen molar-refractivity contribution in [1.82, 2.24) is 5.43 Å². The second-order valence-electron chi connectivity index (χ2n) is 4.66. The highest BCUT2D eigenvalue weighted by Gasteiger charge is 2.10. The summed E-state index contributed by atoms with van der Waals surface area (Å²) in [6, 6.07) is 13.3. The highest BCUT2D eigenvalue weighted by Crippen LogP contribution is 2.22. The molecule has 1 amide bonds. The number of amides is 1. The number of nitrogens with one attached hydrogen (secondary N) is 2. The van der Waals surface area contributed by atoms with Crippen LogP contribution in [-0.2, 0) is 4.79 Å². The van der Waals surface area contributed by atoms with Crippen LogP contribution in [0, 0.1) is 10.1 Å². The van der Waals surface area contributed by atoms with Crippen LogP contribution in [0.4, 0.5) is 11.4 Å². The van der Waals surface area contributed by atoms with Gasteiger partial charge in [-0.2, -0.15) is 5.10 Å². The summed E-state index contributed by atoms with van der Waals surface area (Å²) in [4.78, 5) is 22.1. The third-order valence-corrected chi connectivity index (χ3v) is 3.07. The third kappa shape index (κ3) is 4.54. The standard InChI is InChI=1S/C16H16N4O4/c1-24-15-9-5-3-7-13(15)17-11-16(21)19-18-10-12-6-2-4-8-14(12)20(22)23/h2-10,17H,11H2,1H3,(H,19,21)/b18-10+. The molecule has 8 nitrogen and oxygen atoms in total. The Balaban J connectivity index is 1.91. The summed E-state index contributed by atoms with van der Waals surface area (Å²) in [5.74, 6) is 0.226. The van der Waals surface area contributed by atoms with E-state index in [0.29, 0.717) is 17.0 Å². The maximum absolute atomic E-state index is 11.8. The molecule has 2 aromatic rings. The molecule has 0 bridgehead atoms. The maximum Gasteiger partial charge on any atom is 0.278 e. The van der Waals surface area contributed by atoms with Gasteiger partial charge in [-0.3, -0.25) is 14.9 Å². The molecule has 0 saturated heterocycles. The van der Waals surface area contributed by atoms with Crippen LogP contribution in [0.25, 0.3) is 0 Å². The zero-order valence-electron chi connectivity index (χ0n) is 12.9. The maximum atomic E-state index is 11.8. The first-order valence-corrected chi connectivity index (χ1v) is 7.04. The molecule has 0 aromatic heterocycles. The number of nitrogens with zero attached hydrogens (tertiary/aromatic N) is 2. The van der Waals surface area contributed by atoms with E-state index in [1.807, 2.05) is 12.1 Å².